The molecule has 0 saturated heterocycles. The maximum Gasteiger partial charge on any atom is 0.230 e. The normalized spacial score (nSPS) is 33.3. The van der Waals surface area contributed by atoms with Gasteiger partial charge in [0.15, 0.2) is 0 Å². The van der Waals surface area contributed by atoms with Crippen molar-refractivity contribution in [1.29, 1.82) is 0 Å². The Hall–Kier alpha value is -1.90. The first-order valence-electron chi connectivity index (χ1n) is 7.58. The molecule has 1 aromatic carbocycles. The summed E-state index contributed by atoms with van der Waals surface area (Å²) in [7, 11) is 0. The third kappa shape index (κ3) is 1.25. The van der Waals surface area contributed by atoms with Gasteiger partial charge in [0.1, 0.15) is 0 Å². The summed E-state index contributed by atoms with van der Waals surface area (Å²) in [6.45, 7) is 0. The third-order valence-electron chi connectivity index (χ3n) is 5.49. The molecule has 3 heteroatoms. The molecule has 1 aromatic heterocycles. The predicted molar refractivity (Wildman–Crippen MR) is 78.0 cm³/mol. The zero-order valence-corrected chi connectivity index (χ0v) is 11.3. The minimum absolute atomic E-state index is 0.591. The van der Waals surface area contributed by atoms with E-state index in [4.69, 9.17) is 0 Å². The van der Waals surface area contributed by atoms with E-state index in [1.165, 1.54) is 30.5 Å². The van der Waals surface area contributed by atoms with Gasteiger partial charge in [-0.05, 0) is 48.8 Å². The fourth-order valence-electron chi connectivity index (χ4n) is 4.88. The van der Waals surface area contributed by atoms with Crippen LogP contribution in [-0.4, -0.2) is 16.0 Å². The minimum atomic E-state index is 0.591. The van der Waals surface area contributed by atoms with Crippen LogP contribution in [0.15, 0.2) is 42.7 Å². The lowest BCUT2D eigenvalue weighted by molar-refractivity contribution is 0.380. The van der Waals surface area contributed by atoms with Gasteiger partial charge in [-0.25, -0.2) is 9.97 Å². The highest BCUT2D eigenvalue weighted by Gasteiger charge is 2.55. The van der Waals surface area contributed by atoms with Crippen LogP contribution in [0.2, 0.25) is 0 Å². The van der Waals surface area contributed by atoms with E-state index in [9.17, 15) is 0 Å². The smallest absolute Gasteiger partial charge is 0.230 e. The lowest BCUT2D eigenvalue weighted by Crippen LogP contribution is -2.36. The first-order chi connectivity index (χ1) is 9.93. The van der Waals surface area contributed by atoms with E-state index in [1.54, 1.807) is 0 Å². The fraction of sp³-hybridized carbons (Fsp3) is 0.412. The van der Waals surface area contributed by atoms with Crippen LogP contribution in [0, 0.1) is 11.8 Å². The van der Waals surface area contributed by atoms with Gasteiger partial charge in [-0.3, -0.25) is 0 Å². The number of hydrogen-bond donors (Lipinski definition) is 0. The van der Waals surface area contributed by atoms with Crippen LogP contribution in [0.4, 0.5) is 11.6 Å². The Morgan fingerprint density at radius 1 is 0.950 bits per heavy atom. The van der Waals surface area contributed by atoms with Gasteiger partial charge < -0.3 is 4.90 Å². The van der Waals surface area contributed by atoms with Crippen molar-refractivity contribution in [2.75, 3.05) is 4.90 Å². The standard InChI is InChI=1S/C17H17N3/c1-2-5-14-13(4-1)15-11-6-7-12(10-11)16(15)20(14)17-18-8-3-9-19-17/h1-5,8-9,11-12,15-16H,6-7,10H2/t11-,12+,15-,16-/m0/s1. The highest BCUT2D eigenvalue weighted by molar-refractivity contribution is 5.70. The molecule has 5 rings (SSSR count). The topological polar surface area (TPSA) is 29.0 Å². The predicted octanol–water partition coefficient (Wildman–Crippen LogP) is 3.51. The number of para-hydroxylation sites is 1. The minimum Gasteiger partial charge on any atom is -0.306 e. The molecule has 3 nitrogen and oxygen atoms in total. The Kier molecular flexibility index (Phi) is 2.07. The first kappa shape index (κ1) is 10.8. The molecule has 1 aliphatic heterocycles. The lowest BCUT2D eigenvalue weighted by Gasteiger charge is -2.31. The molecule has 2 aromatic rings. The van der Waals surface area contributed by atoms with Crippen molar-refractivity contribution < 1.29 is 0 Å². The summed E-state index contributed by atoms with van der Waals surface area (Å²) < 4.78 is 0. The molecule has 2 fully saturated rings. The van der Waals surface area contributed by atoms with Crippen molar-refractivity contribution in [3.05, 3.63) is 48.3 Å². The average molecular weight is 263 g/mol. The molecule has 3 aliphatic rings. The maximum absolute atomic E-state index is 4.52. The molecular weight excluding hydrogens is 246 g/mol. The highest BCUT2D eigenvalue weighted by atomic mass is 15.3. The molecular formula is C17H17N3. The Morgan fingerprint density at radius 2 is 1.75 bits per heavy atom. The molecule has 2 heterocycles. The highest BCUT2D eigenvalue weighted by Crippen LogP contribution is 2.61. The molecule has 0 radical (unpaired) electrons. The molecule has 0 unspecified atom stereocenters. The van der Waals surface area contributed by atoms with E-state index >= 15 is 0 Å². The van der Waals surface area contributed by atoms with Gasteiger partial charge in [0, 0.05) is 30.0 Å². The van der Waals surface area contributed by atoms with Crippen molar-refractivity contribution in [3.63, 3.8) is 0 Å². The van der Waals surface area contributed by atoms with Gasteiger partial charge in [-0.15, -0.1) is 0 Å². The number of fused-ring (bicyclic) bond motifs is 7. The summed E-state index contributed by atoms with van der Waals surface area (Å²) in [5.41, 5.74) is 2.86. The monoisotopic (exact) mass is 263 g/mol. The zero-order valence-electron chi connectivity index (χ0n) is 11.3. The molecule has 0 amide bonds. The number of rotatable bonds is 1. The van der Waals surface area contributed by atoms with Crippen molar-refractivity contribution in [2.24, 2.45) is 11.8 Å². The molecule has 2 aliphatic carbocycles. The summed E-state index contributed by atoms with van der Waals surface area (Å²) in [6, 6.07) is 11.4. The molecule has 100 valence electrons. The zero-order chi connectivity index (χ0) is 13.1. The summed E-state index contributed by atoms with van der Waals surface area (Å²) >= 11 is 0. The quantitative estimate of drug-likeness (QED) is 0.788. The van der Waals surface area contributed by atoms with E-state index in [0.29, 0.717) is 12.0 Å². The van der Waals surface area contributed by atoms with E-state index in [2.05, 4.69) is 39.1 Å². The summed E-state index contributed by atoms with van der Waals surface area (Å²) in [4.78, 5) is 11.5. The van der Waals surface area contributed by atoms with Crippen LogP contribution in [0.25, 0.3) is 0 Å². The van der Waals surface area contributed by atoms with Gasteiger partial charge in [0.25, 0.3) is 0 Å². The summed E-state index contributed by atoms with van der Waals surface area (Å²) in [5, 5.41) is 0. The van der Waals surface area contributed by atoms with Crippen molar-refractivity contribution >= 4 is 11.6 Å². The number of benzene rings is 1. The molecule has 2 saturated carbocycles. The maximum atomic E-state index is 4.52. The van der Waals surface area contributed by atoms with Gasteiger partial charge >= 0.3 is 0 Å². The van der Waals surface area contributed by atoms with E-state index in [0.717, 1.165) is 17.8 Å². The van der Waals surface area contributed by atoms with Crippen LogP contribution in [0.5, 0.6) is 0 Å². The molecule has 2 bridgehead atoms. The Morgan fingerprint density at radius 3 is 2.65 bits per heavy atom. The van der Waals surface area contributed by atoms with Crippen LogP contribution in [0.1, 0.15) is 30.7 Å². The van der Waals surface area contributed by atoms with Crippen LogP contribution < -0.4 is 4.90 Å². The van der Waals surface area contributed by atoms with Gasteiger partial charge in [0.05, 0.1) is 0 Å². The number of nitrogens with zero attached hydrogens (tertiary/aromatic N) is 3. The van der Waals surface area contributed by atoms with E-state index in [-0.39, 0.29) is 0 Å². The average Bonchev–Trinajstić information content (AvgIpc) is 3.19. The van der Waals surface area contributed by atoms with Gasteiger partial charge in [-0.2, -0.15) is 0 Å². The number of anilines is 2. The van der Waals surface area contributed by atoms with E-state index < -0.39 is 0 Å². The number of hydrogen-bond acceptors (Lipinski definition) is 3. The largest absolute Gasteiger partial charge is 0.306 e. The van der Waals surface area contributed by atoms with Crippen LogP contribution >= 0.6 is 0 Å². The van der Waals surface area contributed by atoms with E-state index in [1.807, 2.05) is 18.5 Å². The molecule has 4 atom stereocenters. The second kappa shape index (κ2) is 3.81. The van der Waals surface area contributed by atoms with Crippen LogP contribution in [-0.2, 0) is 0 Å². The molecule has 0 N–H and O–H groups in total. The lowest BCUT2D eigenvalue weighted by atomic mass is 9.82. The van der Waals surface area contributed by atoms with Crippen molar-refractivity contribution in [2.45, 2.75) is 31.2 Å². The third-order valence-corrected chi connectivity index (χ3v) is 5.49. The molecule has 0 spiro atoms. The van der Waals surface area contributed by atoms with Gasteiger partial charge in [0.2, 0.25) is 5.95 Å². The van der Waals surface area contributed by atoms with Crippen molar-refractivity contribution in [3.8, 4) is 0 Å². The van der Waals surface area contributed by atoms with Gasteiger partial charge in [-0.1, -0.05) is 18.2 Å². The molecule has 20 heavy (non-hydrogen) atoms. The first-order valence-corrected chi connectivity index (χ1v) is 7.58. The Labute approximate surface area is 118 Å². The number of aromatic nitrogens is 2. The Balaban J connectivity index is 1.71. The SMILES string of the molecule is c1cnc(N2c3ccccc3[C@@H]3[C@H]4CC[C@H](C4)[C@@H]32)nc1. The van der Waals surface area contributed by atoms with Crippen molar-refractivity contribution in [1.82, 2.24) is 9.97 Å². The second-order valence-electron chi connectivity index (χ2n) is 6.33. The van der Waals surface area contributed by atoms with Crippen LogP contribution in [0.3, 0.4) is 0 Å². The second-order valence-corrected chi connectivity index (χ2v) is 6.33. The summed E-state index contributed by atoms with van der Waals surface area (Å²) in [6.07, 6.45) is 7.89. The fourth-order valence-corrected chi connectivity index (χ4v) is 4.88. The summed E-state index contributed by atoms with van der Waals surface area (Å²) in [5.74, 6) is 3.27. The Bertz CT molecular complexity index is 654.